The lowest BCUT2D eigenvalue weighted by molar-refractivity contribution is -0.120. The van der Waals surface area contributed by atoms with E-state index in [1.54, 1.807) is 6.92 Å². The minimum absolute atomic E-state index is 0.137. The first-order chi connectivity index (χ1) is 6.74. The second-order valence-corrected chi connectivity index (χ2v) is 4.49. The quantitative estimate of drug-likeness (QED) is 0.692. The summed E-state index contributed by atoms with van der Waals surface area (Å²) < 4.78 is 0. The maximum Gasteiger partial charge on any atom is 0.217 e. The number of amides is 1. The van der Waals surface area contributed by atoms with Crippen LogP contribution in [0, 0.1) is 5.92 Å². The summed E-state index contributed by atoms with van der Waals surface area (Å²) in [7, 11) is 0. The average molecular weight is 197 g/mol. The Balaban J connectivity index is 2.49. The Bertz CT molecular complexity index is 179. The standard InChI is InChI=1S/C12H23NO/c1-3-7-11-8-5-4-6-9-12(11)13-10(2)14/h11-12H,3-9H2,1-2H3,(H,13,14)/t11-,12-/m0/s1. The molecule has 2 nitrogen and oxygen atoms in total. The van der Waals surface area contributed by atoms with Gasteiger partial charge in [0, 0.05) is 13.0 Å². The SMILES string of the molecule is CCC[C@H]1CCCCC[C@@H]1NC(C)=O. The zero-order valence-electron chi connectivity index (χ0n) is 9.51. The lowest BCUT2D eigenvalue weighted by atomic mass is 9.90. The third kappa shape index (κ3) is 3.69. The van der Waals surface area contributed by atoms with Gasteiger partial charge in [0.05, 0.1) is 0 Å². The van der Waals surface area contributed by atoms with Crippen molar-refractivity contribution in [2.24, 2.45) is 5.92 Å². The van der Waals surface area contributed by atoms with E-state index in [9.17, 15) is 4.79 Å². The molecule has 0 unspecified atom stereocenters. The minimum Gasteiger partial charge on any atom is -0.353 e. The van der Waals surface area contributed by atoms with Gasteiger partial charge in [0.2, 0.25) is 5.91 Å². The largest absolute Gasteiger partial charge is 0.353 e. The second kappa shape index (κ2) is 6.05. The summed E-state index contributed by atoms with van der Waals surface area (Å²) in [6.07, 6.45) is 8.97. The Hall–Kier alpha value is -0.530. The lowest BCUT2D eigenvalue weighted by Gasteiger charge is -2.25. The van der Waals surface area contributed by atoms with Crippen molar-refractivity contribution in [3.63, 3.8) is 0 Å². The molecule has 0 aromatic rings. The number of carbonyl (C=O) groups excluding carboxylic acids is 1. The molecule has 0 aromatic heterocycles. The molecule has 0 saturated heterocycles. The highest BCUT2D eigenvalue weighted by Crippen LogP contribution is 2.26. The predicted molar refractivity (Wildman–Crippen MR) is 59.1 cm³/mol. The third-order valence-electron chi connectivity index (χ3n) is 3.21. The predicted octanol–water partition coefficient (Wildman–Crippen LogP) is 2.87. The molecule has 2 heteroatoms. The van der Waals surface area contributed by atoms with Crippen LogP contribution in [0.5, 0.6) is 0 Å². The van der Waals surface area contributed by atoms with Crippen molar-refractivity contribution in [2.75, 3.05) is 0 Å². The molecule has 0 aromatic carbocycles. The molecule has 14 heavy (non-hydrogen) atoms. The summed E-state index contributed by atoms with van der Waals surface area (Å²) in [4.78, 5) is 11.1. The molecule has 1 saturated carbocycles. The molecule has 0 bridgehead atoms. The molecule has 82 valence electrons. The van der Waals surface area contributed by atoms with Crippen LogP contribution in [0.15, 0.2) is 0 Å². The monoisotopic (exact) mass is 197 g/mol. The molecule has 1 aliphatic carbocycles. The fraction of sp³-hybridized carbons (Fsp3) is 0.917. The highest BCUT2D eigenvalue weighted by Gasteiger charge is 2.23. The van der Waals surface area contributed by atoms with Crippen LogP contribution in [0.3, 0.4) is 0 Å². The smallest absolute Gasteiger partial charge is 0.217 e. The molecule has 0 aliphatic heterocycles. The van der Waals surface area contributed by atoms with Crippen LogP contribution in [0.4, 0.5) is 0 Å². The first-order valence-corrected chi connectivity index (χ1v) is 6.01. The van der Waals surface area contributed by atoms with Crippen LogP contribution in [-0.2, 0) is 4.79 Å². The Morgan fingerprint density at radius 1 is 1.29 bits per heavy atom. The van der Waals surface area contributed by atoms with Gasteiger partial charge in [-0.25, -0.2) is 0 Å². The van der Waals surface area contributed by atoms with E-state index in [1.807, 2.05) is 0 Å². The molecule has 2 atom stereocenters. The van der Waals surface area contributed by atoms with Crippen LogP contribution in [-0.4, -0.2) is 11.9 Å². The van der Waals surface area contributed by atoms with E-state index < -0.39 is 0 Å². The number of hydrogen-bond acceptors (Lipinski definition) is 1. The highest BCUT2D eigenvalue weighted by atomic mass is 16.1. The zero-order chi connectivity index (χ0) is 10.4. The van der Waals surface area contributed by atoms with Crippen molar-refractivity contribution in [1.82, 2.24) is 5.32 Å². The van der Waals surface area contributed by atoms with E-state index in [-0.39, 0.29) is 5.91 Å². The maximum atomic E-state index is 11.1. The van der Waals surface area contributed by atoms with Crippen molar-refractivity contribution < 1.29 is 4.79 Å². The van der Waals surface area contributed by atoms with Crippen LogP contribution >= 0.6 is 0 Å². The minimum atomic E-state index is 0.137. The van der Waals surface area contributed by atoms with E-state index in [0.717, 1.165) is 5.92 Å². The van der Waals surface area contributed by atoms with Gasteiger partial charge < -0.3 is 5.32 Å². The Morgan fingerprint density at radius 2 is 2.00 bits per heavy atom. The number of carbonyl (C=O) groups is 1. The number of hydrogen-bond donors (Lipinski definition) is 1. The molecule has 0 heterocycles. The van der Waals surface area contributed by atoms with Gasteiger partial charge in [-0.15, -0.1) is 0 Å². The summed E-state index contributed by atoms with van der Waals surface area (Å²) in [5.41, 5.74) is 0. The summed E-state index contributed by atoms with van der Waals surface area (Å²) in [5.74, 6) is 0.865. The second-order valence-electron chi connectivity index (χ2n) is 4.49. The molecule has 1 amide bonds. The molecule has 0 radical (unpaired) electrons. The lowest BCUT2D eigenvalue weighted by Crippen LogP contribution is -2.38. The maximum absolute atomic E-state index is 11.1. The van der Waals surface area contributed by atoms with Crippen molar-refractivity contribution in [3.8, 4) is 0 Å². The summed E-state index contributed by atoms with van der Waals surface area (Å²) >= 11 is 0. The average Bonchev–Trinajstić information content (AvgIpc) is 2.32. The van der Waals surface area contributed by atoms with Gasteiger partial charge in [0.1, 0.15) is 0 Å². The Labute approximate surface area is 87.5 Å². The van der Waals surface area contributed by atoms with E-state index in [2.05, 4.69) is 12.2 Å². The van der Waals surface area contributed by atoms with Gasteiger partial charge in [-0.1, -0.05) is 32.6 Å². The van der Waals surface area contributed by atoms with E-state index in [1.165, 1.54) is 44.9 Å². The Morgan fingerprint density at radius 3 is 2.64 bits per heavy atom. The van der Waals surface area contributed by atoms with Crippen LogP contribution in [0.2, 0.25) is 0 Å². The first-order valence-electron chi connectivity index (χ1n) is 6.01. The number of rotatable bonds is 3. The van der Waals surface area contributed by atoms with Gasteiger partial charge in [-0.3, -0.25) is 4.79 Å². The van der Waals surface area contributed by atoms with Gasteiger partial charge in [0.25, 0.3) is 0 Å². The van der Waals surface area contributed by atoms with Crippen molar-refractivity contribution in [3.05, 3.63) is 0 Å². The van der Waals surface area contributed by atoms with Crippen molar-refractivity contribution >= 4 is 5.91 Å². The van der Waals surface area contributed by atoms with E-state index >= 15 is 0 Å². The third-order valence-corrected chi connectivity index (χ3v) is 3.21. The summed E-state index contributed by atoms with van der Waals surface area (Å²) in [6.45, 7) is 3.86. The molecule has 1 rings (SSSR count). The van der Waals surface area contributed by atoms with Crippen molar-refractivity contribution in [2.45, 2.75) is 64.8 Å². The molecule has 1 fully saturated rings. The molecule has 1 N–H and O–H groups in total. The topological polar surface area (TPSA) is 29.1 Å². The normalized spacial score (nSPS) is 28.1. The van der Waals surface area contributed by atoms with Gasteiger partial charge in [0.15, 0.2) is 0 Å². The van der Waals surface area contributed by atoms with E-state index in [4.69, 9.17) is 0 Å². The molecular weight excluding hydrogens is 174 g/mol. The fourth-order valence-corrected chi connectivity index (χ4v) is 2.55. The summed E-state index contributed by atoms with van der Waals surface area (Å²) in [6, 6.07) is 0.454. The number of nitrogens with one attached hydrogen (secondary N) is 1. The van der Waals surface area contributed by atoms with Crippen LogP contribution < -0.4 is 5.32 Å². The molecular formula is C12H23NO. The fourth-order valence-electron chi connectivity index (χ4n) is 2.55. The van der Waals surface area contributed by atoms with Crippen molar-refractivity contribution in [1.29, 1.82) is 0 Å². The van der Waals surface area contributed by atoms with Gasteiger partial charge >= 0.3 is 0 Å². The zero-order valence-corrected chi connectivity index (χ0v) is 9.51. The Kier molecular flexibility index (Phi) is 4.99. The van der Waals surface area contributed by atoms with Crippen LogP contribution in [0.1, 0.15) is 58.8 Å². The van der Waals surface area contributed by atoms with Gasteiger partial charge in [-0.2, -0.15) is 0 Å². The van der Waals surface area contributed by atoms with E-state index in [0.29, 0.717) is 6.04 Å². The molecule has 0 spiro atoms. The van der Waals surface area contributed by atoms with Gasteiger partial charge in [-0.05, 0) is 25.2 Å². The molecule has 1 aliphatic rings. The van der Waals surface area contributed by atoms with Crippen LogP contribution in [0.25, 0.3) is 0 Å². The highest BCUT2D eigenvalue weighted by molar-refractivity contribution is 5.73. The summed E-state index contributed by atoms with van der Waals surface area (Å²) in [5, 5.41) is 3.12. The first kappa shape index (κ1) is 11.5.